The molecule has 2 aliphatic rings. The first-order valence-electron chi connectivity index (χ1n) is 12.0. The molecule has 182 valence electrons. The van der Waals surface area contributed by atoms with Gasteiger partial charge in [0.05, 0.1) is 5.52 Å². The highest BCUT2D eigenvalue weighted by Crippen LogP contribution is 2.31. The molecule has 1 aliphatic carbocycles. The van der Waals surface area contributed by atoms with Crippen LogP contribution in [-0.4, -0.2) is 75.6 Å². The number of hydrogen-bond acceptors (Lipinski definition) is 5. The Bertz CT molecular complexity index is 1170. The van der Waals surface area contributed by atoms with Crippen LogP contribution < -0.4 is 5.69 Å². The third kappa shape index (κ3) is 5.02. The van der Waals surface area contributed by atoms with Gasteiger partial charge in [-0.05, 0) is 49.7 Å². The summed E-state index contributed by atoms with van der Waals surface area (Å²) in [6, 6.07) is 3.71. The largest absolute Gasteiger partial charge is 0.372 e. The van der Waals surface area contributed by atoms with Gasteiger partial charge in [-0.15, -0.1) is 0 Å². The van der Waals surface area contributed by atoms with Crippen molar-refractivity contribution in [2.75, 3.05) is 39.9 Å². The predicted octanol–water partition coefficient (Wildman–Crippen LogP) is 1.23. The molecular weight excluding hydrogens is 434 g/mol. The van der Waals surface area contributed by atoms with E-state index in [-0.39, 0.29) is 23.4 Å². The number of carbonyl (C=O) groups excluding carboxylic acids is 2. The van der Waals surface area contributed by atoms with E-state index in [4.69, 9.17) is 4.74 Å². The van der Waals surface area contributed by atoms with Crippen LogP contribution in [0.3, 0.4) is 0 Å². The molecule has 3 heterocycles. The van der Waals surface area contributed by atoms with Crippen LogP contribution >= 0.6 is 0 Å². The first-order valence-corrected chi connectivity index (χ1v) is 12.0. The highest BCUT2D eigenvalue weighted by atomic mass is 16.5. The highest BCUT2D eigenvalue weighted by molar-refractivity contribution is 5.79. The summed E-state index contributed by atoms with van der Waals surface area (Å²) in [5, 5.41) is 0. The van der Waals surface area contributed by atoms with Crippen molar-refractivity contribution in [1.29, 1.82) is 0 Å². The van der Waals surface area contributed by atoms with E-state index in [0.29, 0.717) is 56.6 Å². The lowest BCUT2D eigenvalue weighted by atomic mass is 9.81. The number of imidazole rings is 1. The van der Waals surface area contributed by atoms with Crippen molar-refractivity contribution in [3.05, 3.63) is 28.3 Å². The fourth-order valence-electron chi connectivity index (χ4n) is 5.06. The van der Waals surface area contributed by atoms with E-state index >= 15 is 0 Å². The maximum Gasteiger partial charge on any atom is 0.330 e. The second-order valence-electron chi connectivity index (χ2n) is 9.28. The van der Waals surface area contributed by atoms with Crippen molar-refractivity contribution in [2.24, 2.45) is 18.9 Å². The summed E-state index contributed by atoms with van der Waals surface area (Å²) in [5.41, 5.74) is 1.98. The third-order valence-corrected chi connectivity index (χ3v) is 7.10. The minimum Gasteiger partial charge on any atom is -0.372 e. The Morgan fingerprint density at radius 2 is 1.76 bits per heavy atom. The van der Waals surface area contributed by atoms with E-state index in [1.807, 2.05) is 17.0 Å². The number of amides is 2. The molecule has 2 aromatic rings. The quantitative estimate of drug-likeness (QED) is 0.631. The van der Waals surface area contributed by atoms with Crippen molar-refractivity contribution >= 4 is 23.0 Å². The molecule has 4 rings (SSSR count). The first kappa shape index (κ1) is 24.0. The molecule has 0 N–H and O–H groups in total. The van der Waals surface area contributed by atoms with E-state index in [0.717, 1.165) is 31.2 Å². The molecule has 1 saturated heterocycles. The zero-order valence-electron chi connectivity index (χ0n) is 20.2. The Balaban J connectivity index is 1.40. The average molecular weight is 468 g/mol. The summed E-state index contributed by atoms with van der Waals surface area (Å²) in [5.74, 6) is 6.53. The number of aryl methyl sites for hydroxylation is 1. The molecule has 2 amide bonds. The molecule has 1 saturated carbocycles. The standard InChI is InChI=1S/C25H33N5O4/c1-18(31)28-12-14-29(15-13-28)24(32)20-8-6-19(7-9-20)17-30-23-22(27(2)25(30)33)11-10-21(26-23)5-4-16-34-3/h10-11,19-20H,6-9,12-17H2,1-3H3. The number of carbonyl (C=O) groups is 2. The number of nitrogens with zero attached hydrogens (tertiary/aromatic N) is 5. The monoisotopic (exact) mass is 467 g/mol. The number of pyridine rings is 1. The first-order chi connectivity index (χ1) is 16.4. The van der Waals surface area contributed by atoms with Crippen LogP contribution in [0.1, 0.15) is 38.3 Å². The number of piperazine rings is 1. The van der Waals surface area contributed by atoms with Crippen molar-refractivity contribution in [3.63, 3.8) is 0 Å². The summed E-state index contributed by atoms with van der Waals surface area (Å²) in [7, 11) is 3.36. The fraction of sp³-hybridized carbons (Fsp3) is 0.600. The summed E-state index contributed by atoms with van der Waals surface area (Å²) in [6.07, 6.45) is 3.47. The van der Waals surface area contributed by atoms with Gasteiger partial charge in [-0.25, -0.2) is 9.78 Å². The molecule has 1 aliphatic heterocycles. The van der Waals surface area contributed by atoms with Crippen LogP contribution in [0.4, 0.5) is 0 Å². The summed E-state index contributed by atoms with van der Waals surface area (Å²) < 4.78 is 8.36. The van der Waals surface area contributed by atoms with Crippen LogP contribution in [0.25, 0.3) is 11.2 Å². The summed E-state index contributed by atoms with van der Waals surface area (Å²) in [6.45, 7) is 4.96. The normalized spacial score (nSPS) is 20.8. The summed E-state index contributed by atoms with van der Waals surface area (Å²) >= 11 is 0. The average Bonchev–Trinajstić information content (AvgIpc) is 3.08. The molecule has 2 aromatic heterocycles. The van der Waals surface area contributed by atoms with E-state index < -0.39 is 0 Å². The van der Waals surface area contributed by atoms with E-state index in [2.05, 4.69) is 16.8 Å². The van der Waals surface area contributed by atoms with Crippen LogP contribution in [0.2, 0.25) is 0 Å². The minimum absolute atomic E-state index is 0.0326. The molecule has 0 aromatic carbocycles. The molecule has 34 heavy (non-hydrogen) atoms. The van der Waals surface area contributed by atoms with Gasteiger partial charge in [0.2, 0.25) is 11.8 Å². The van der Waals surface area contributed by atoms with Gasteiger partial charge in [-0.1, -0.05) is 5.92 Å². The molecule has 9 nitrogen and oxygen atoms in total. The van der Waals surface area contributed by atoms with Crippen LogP contribution in [0.5, 0.6) is 0 Å². The zero-order valence-corrected chi connectivity index (χ0v) is 20.2. The lowest BCUT2D eigenvalue weighted by molar-refractivity contribution is -0.142. The van der Waals surface area contributed by atoms with E-state index in [1.54, 1.807) is 35.1 Å². The van der Waals surface area contributed by atoms with Crippen molar-refractivity contribution in [1.82, 2.24) is 23.9 Å². The smallest absolute Gasteiger partial charge is 0.330 e. The van der Waals surface area contributed by atoms with Gasteiger partial charge >= 0.3 is 5.69 Å². The number of rotatable bonds is 4. The minimum atomic E-state index is -0.0777. The Morgan fingerprint density at radius 3 is 2.41 bits per heavy atom. The topological polar surface area (TPSA) is 89.7 Å². The Hall–Kier alpha value is -3.12. The maximum absolute atomic E-state index is 13.0. The fourth-order valence-corrected chi connectivity index (χ4v) is 5.06. The lowest BCUT2D eigenvalue weighted by Gasteiger charge is -2.37. The molecule has 9 heteroatoms. The number of aromatic nitrogens is 3. The Morgan fingerprint density at radius 1 is 1.09 bits per heavy atom. The molecule has 2 fully saturated rings. The third-order valence-electron chi connectivity index (χ3n) is 7.10. The van der Waals surface area contributed by atoms with Gasteiger partial charge < -0.3 is 14.5 Å². The van der Waals surface area contributed by atoms with E-state index in [1.165, 1.54) is 0 Å². The van der Waals surface area contributed by atoms with Gasteiger partial charge in [0.25, 0.3) is 0 Å². The maximum atomic E-state index is 13.0. The number of hydrogen-bond donors (Lipinski definition) is 0. The molecule has 0 spiro atoms. The molecule has 0 radical (unpaired) electrons. The Labute approximate surface area is 199 Å². The Kier molecular flexibility index (Phi) is 7.37. The van der Waals surface area contributed by atoms with Crippen LogP contribution in [-0.2, 0) is 27.9 Å². The number of ether oxygens (including phenoxy) is 1. The van der Waals surface area contributed by atoms with E-state index in [9.17, 15) is 14.4 Å². The second kappa shape index (κ2) is 10.4. The van der Waals surface area contributed by atoms with Crippen molar-refractivity contribution in [3.8, 4) is 11.8 Å². The predicted molar refractivity (Wildman–Crippen MR) is 128 cm³/mol. The highest BCUT2D eigenvalue weighted by Gasteiger charge is 2.32. The molecule has 0 unspecified atom stereocenters. The van der Waals surface area contributed by atoms with Gasteiger partial charge in [0.15, 0.2) is 5.65 Å². The van der Waals surface area contributed by atoms with Crippen molar-refractivity contribution < 1.29 is 14.3 Å². The zero-order chi connectivity index (χ0) is 24.2. The molecule has 0 atom stereocenters. The van der Waals surface area contributed by atoms with Gasteiger partial charge in [-0.3, -0.25) is 18.7 Å². The van der Waals surface area contributed by atoms with Crippen molar-refractivity contribution in [2.45, 2.75) is 39.2 Å². The SMILES string of the molecule is COCC#Cc1ccc2c(n1)n(CC1CCC(C(=O)N3CCN(C(C)=O)CC3)CC1)c(=O)n2C. The van der Waals surface area contributed by atoms with Gasteiger partial charge in [0, 0.05) is 59.7 Å². The van der Waals surface area contributed by atoms with Crippen LogP contribution in [0, 0.1) is 23.7 Å². The van der Waals surface area contributed by atoms with Crippen LogP contribution in [0.15, 0.2) is 16.9 Å². The lowest BCUT2D eigenvalue weighted by Crippen LogP contribution is -2.51. The molecular formula is C25H33N5O4. The summed E-state index contributed by atoms with van der Waals surface area (Å²) in [4.78, 5) is 45.8. The van der Waals surface area contributed by atoms with Gasteiger partial charge in [0.1, 0.15) is 12.3 Å². The number of methoxy groups -OCH3 is 1. The number of fused-ring (bicyclic) bond motifs is 1. The second-order valence-corrected chi connectivity index (χ2v) is 9.28. The van der Waals surface area contributed by atoms with Gasteiger partial charge in [-0.2, -0.15) is 0 Å². The molecule has 0 bridgehead atoms.